The van der Waals surface area contributed by atoms with E-state index >= 15 is 0 Å². The fourth-order valence-corrected chi connectivity index (χ4v) is 11.6. The molecule has 9 atom stereocenters. The summed E-state index contributed by atoms with van der Waals surface area (Å²) in [5.41, 5.74) is 4.64. The van der Waals surface area contributed by atoms with Crippen LogP contribution in [0.2, 0.25) is 5.02 Å². The molecule has 12 nitrogen and oxygen atoms in total. The zero-order chi connectivity index (χ0) is 63.2. The van der Waals surface area contributed by atoms with Gasteiger partial charge in [0.2, 0.25) is 5.75 Å². The molecule has 3 aliphatic rings. The first-order chi connectivity index (χ1) is 44.5. The Kier molecular flexibility index (Phi) is 24.3. The monoisotopic (exact) mass is 1250 g/mol. The Bertz CT molecular complexity index is 3620. The first-order valence-corrected chi connectivity index (χ1v) is 31.8. The van der Waals surface area contributed by atoms with E-state index in [1.54, 1.807) is 54.6 Å². The highest BCUT2D eigenvalue weighted by Gasteiger charge is 2.36. The van der Waals surface area contributed by atoms with Crippen molar-refractivity contribution in [3.63, 3.8) is 0 Å². The number of aryl methyl sites for hydroxylation is 1. The number of rotatable bonds is 21. The molecular weight excluding hydrogens is 1170 g/mol. The molecule has 3 saturated carbocycles. The van der Waals surface area contributed by atoms with E-state index in [2.05, 4.69) is 52.3 Å². The predicted octanol–water partition coefficient (Wildman–Crippen LogP) is 16.0. The van der Waals surface area contributed by atoms with Gasteiger partial charge in [-0.3, -0.25) is 0 Å². The van der Waals surface area contributed by atoms with Crippen LogP contribution in [-0.4, -0.2) is 70.1 Å². The van der Waals surface area contributed by atoms with Gasteiger partial charge in [0.25, 0.3) is 0 Å². The summed E-state index contributed by atoms with van der Waals surface area (Å²) in [5, 5.41) is 43.8. The number of halogens is 3. The van der Waals surface area contributed by atoms with Crippen molar-refractivity contribution in [2.24, 2.45) is 0 Å². The Balaban J connectivity index is 0.000000150. The minimum Gasteiger partial charge on any atom is -0.484 e. The predicted molar refractivity (Wildman–Crippen MR) is 353 cm³/mol. The third kappa shape index (κ3) is 19.6. The average molecular weight is 1250 g/mol. The Morgan fingerprint density at radius 2 is 0.758 bits per heavy atom. The second-order valence-electron chi connectivity index (χ2n) is 23.1. The van der Waals surface area contributed by atoms with Crippen LogP contribution in [0.15, 0.2) is 231 Å². The number of para-hydroxylation sites is 5. The van der Waals surface area contributed by atoms with Crippen molar-refractivity contribution in [1.82, 2.24) is 16.0 Å². The molecule has 0 saturated heterocycles. The van der Waals surface area contributed by atoms with Crippen LogP contribution in [0.3, 0.4) is 0 Å². The lowest BCUT2D eigenvalue weighted by Gasteiger charge is -2.35. The third-order valence-corrected chi connectivity index (χ3v) is 16.6. The first-order valence-electron chi connectivity index (χ1n) is 31.4. The topological polar surface area (TPSA) is 152 Å². The molecule has 9 aromatic rings. The quantitative estimate of drug-likeness (QED) is 0.0406. The molecule has 0 spiro atoms. The van der Waals surface area contributed by atoms with E-state index in [1.165, 1.54) is 29.3 Å². The fraction of sp³-hybridized carbons (Fsp3) is 0.289. The highest BCUT2D eigenvalue weighted by atomic mass is 35.5. The highest BCUT2D eigenvalue weighted by Crippen LogP contribution is 2.39. The van der Waals surface area contributed by atoms with Gasteiger partial charge >= 0.3 is 0 Å². The number of aliphatic hydroxyl groups excluding tert-OH is 3. The number of hydrogen-bond acceptors (Lipinski definition) is 12. The van der Waals surface area contributed by atoms with Crippen LogP contribution in [0, 0.1) is 18.6 Å². The van der Waals surface area contributed by atoms with Gasteiger partial charge in [-0.15, -0.1) is 0 Å². The maximum Gasteiger partial charge on any atom is 0.204 e. The summed E-state index contributed by atoms with van der Waals surface area (Å²) in [5.74, 6) is 3.37. The molecule has 0 bridgehead atoms. The van der Waals surface area contributed by atoms with Crippen LogP contribution in [0.5, 0.6) is 51.7 Å². The molecular formula is C76H80ClF2N3O9. The highest BCUT2D eigenvalue weighted by molar-refractivity contribution is 6.30. The van der Waals surface area contributed by atoms with Gasteiger partial charge < -0.3 is 59.7 Å². The molecule has 3 aliphatic carbocycles. The molecule has 15 heteroatoms. The van der Waals surface area contributed by atoms with Crippen molar-refractivity contribution in [2.75, 3.05) is 0 Å². The van der Waals surface area contributed by atoms with E-state index in [0.29, 0.717) is 70.5 Å². The standard InChI is InChI=1S/C26H28FNO3.C25H26ClNO3.C25H26FNO3/c1-18-13-15-20(16-14-18)30-26-21(27)9-5-12-24(26)31-23-11-6-10-22(25(23)29)28-17-19-7-3-2-4-8-19;26-19-13-15-20(16-14-19)29-22-10-4-5-11-23(22)30-24-12-6-9-21(25(24)28)27-17-18-7-2-1-3-8-18;26-19-10-6-11-20(16-19)29-22-13-4-5-14-23(22)30-24-15-7-12-21(25(24)28)27-17-18-8-2-1-3-9-18/h2-5,7-9,12-16,22-23,25,28-29H,6,10-11,17H2,1H3;1-5,7-8,10-11,13-16,21,24-25,27-28H,6,9,12,17H2;1-6,8-11,13-14,16,21,24-25,27-28H,7,12,15,17H2/t22-,23-,25-;2*21-,24-,25-/m111/s1. The van der Waals surface area contributed by atoms with Crippen LogP contribution in [0.25, 0.3) is 0 Å². The maximum absolute atomic E-state index is 14.6. The summed E-state index contributed by atoms with van der Waals surface area (Å²) < 4.78 is 64.2. The Hall–Kier alpha value is -8.31. The maximum atomic E-state index is 14.6. The average Bonchev–Trinajstić information content (AvgIpc) is 3.21. The number of hydrogen-bond donors (Lipinski definition) is 6. The van der Waals surface area contributed by atoms with Crippen molar-refractivity contribution < 1.29 is 52.5 Å². The number of ether oxygens (including phenoxy) is 6. The van der Waals surface area contributed by atoms with Crippen LogP contribution < -0.4 is 44.4 Å². The zero-order valence-corrected chi connectivity index (χ0v) is 51.8. The summed E-state index contributed by atoms with van der Waals surface area (Å²) >= 11 is 5.96. The Morgan fingerprint density at radius 3 is 1.21 bits per heavy atom. The van der Waals surface area contributed by atoms with Crippen LogP contribution in [-0.2, 0) is 19.6 Å². The second-order valence-corrected chi connectivity index (χ2v) is 23.6. The van der Waals surface area contributed by atoms with Gasteiger partial charge in [-0.1, -0.05) is 157 Å². The van der Waals surface area contributed by atoms with Gasteiger partial charge in [0, 0.05) is 48.8 Å². The van der Waals surface area contributed by atoms with Crippen molar-refractivity contribution in [3.05, 3.63) is 269 Å². The number of benzene rings is 9. The zero-order valence-electron chi connectivity index (χ0n) is 51.0. The molecule has 0 aliphatic heterocycles. The summed E-state index contributed by atoms with van der Waals surface area (Å²) in [7, 11) is 0. The molecule has 6 N–H and O–H groups in total. The van der Waals surface area contributed by atoms with E-state index < -0.39 is 30.2 Å². The van der Waals surface area contributed by atoms with Crippen molar-refractivity contribution >= 4 is 11.6 Å². The van der Waals surface area contributed by atoms with Crippen LogP contribution in [0.1, 0.15) is 80.0 Å². The lowest BCUT2D eigenvalue weighted by molar-refractivity contribution is -0.0167. The summed E-state index contributed by atoms with van der Waals surface area (Å²) in [6.45, 7) is 4.09. The molecule has 0 aromatic heterocycles. The first kappa shape index (κ1) is 65.6. The smallest absolute Gasteiger partial charge is 0.204 e. The molecule has 9 aromatic carbocycles. The summed E-state index contributed by atoms with van der Waals surface area (Å²) in [6, 6.07) is 70.4. The van der Waals surface area contributed by atoms with E-state index in [4.69, 9.17) is 40.0 Å². The van der Waals surface area contributed by atoms with Gasteiger partial charge in [-0.25, -0.2) is 8.78 Å². The SMILES string of the molecule is Cc1ccc(Oc2c(F)cccc2O[C@@H]2CCC[C@@H](NCc3ccccc3)[C@H]2O)cc1.O[C@@H]1[C@H](NCc2ccccc2)CCC[C@H]1Oc1ccccc1Oc1ccc(Cl)cc1.O[C@@H]1[C@H](NCc2ccccc2)CCC[C@H]1Oc1ccccc1Oc1cccc(F)c1. The third-order valence-electron chi connectivity index (χ3n) is 16.4. The molecule has 12 rings (SSSR count). The van der Waals surface area contributed by atoms with Gasteiger partial charge in [0.05, 0.1) is 0 Å². The van der Waals surface area contributed by atoms with Crippen molar-refractivity contribution in [1.29, 1.82) is 0 Å². The Labute approximate surface area is 537 Å². The molecule has 0 radical (unpaired) electrons. The molecule has 3 fully saturated rings. The summed E-state index contributed by atoms with van der Waals surface area (Å²) in [6.07, 6.45) is 4.83. The van der Waals surface area contributed by atoms with Crippen LogP contribution >= 0.6 is 11.6 Å². The summed E-state index contributed by atoms with van der Waals surface area (Å²) in [4.78, 5) is 0. The minimum atomic E-state index is -0.701. The largest absolute Gasteiger partial charge is 0.484 e. The van der Waals surface area contributed by atoms with E-state index in [-0.39, 0.29) is 41.9 Å². The van der Waals surface area contributed by atoms with E-state index in [1.807, 2.05) is 128 Å². The van der Waals surface area contributed by atoms with Gasteiger partial charge in [-0.2, -0.15) is 0 Å². The number of nitrogens with one attached hydrogen (secondary N) is 3. The lowest BCUT2D eigenvalue weighted by Crippen LogP contribution is -2.50. The number of aliphatic hydroxyl groups is 3. The van der Waals surface area contributed by atoms with Gasteiger partial charge in [-0.05, 0) is 166 Å². The molecule has 0 amide bonds. The van der Waals surface area contributed by atoms with Gasteiger partial charge in [0.15, 0.2) is 34.6 Å². The lowest BCUT2D eigenvalue weighted by atomic mass is 9.89. The van der Waals surface area contributed by atoms with E-state index in [9.17, 15) is 24.1 Å². The van der Waals surface area contributed by atoms with Crippen molar-refractivity contribution in [3.8, 4) is 51.7 Å². The Morgan fingerprint density at radius 1 is 0.385 bits per heavy atom. The second kappa shape index (κ2) is 33.7. The molecule has 0 heterocycles. The normalized spacial score (nSPS) is 21.1. The molecule has 0 unspecified atom stereocenters. The van der Waals surface area contributed by atoms with Crippen LogP contribution in [0.4, 0.5) is 8.78 Å². The molecule has 474 valence electrons. The van der Waals surface area contributed by atoms with Gasteiger partial charge in [0.1, 0.15) is 59.7 Å². The fourth-order valence-electron chi connectivity index (χ4n) is 11.5. The minimum absolute atomic E-state index is 0.00620. The van der Waals surface area contributed by atoms with E-state index in [0.717, 1.165) is 69.0 Å². The molecule has 91 heavy (non-hydrogen) atoms. The van der Waals surface area contributed by atoms with Crippen molar-refractivity contribution in [2.45, 2.75) is 139 Å².